The summed E-state index contributed by atoms with van der Waals surface area (Å²) in [5.74, 6) is 0.866. The van der Waals surface area contributed by atoms with Crippen LogP contribution >= 0.6 is 0 Å². The molecule has 1 aliphatic carbocycles. The van der Waals surface area contributed by atoms with E-state index in [9.17, 15) is 4.79 Å². The number of nitrogens with one attached hydrogen (secondary N) is 3. The number of hydrogen-bond acceptors (Lipinski definition) is 4. The van der Waals surface area contributed by atoms with Crippen molar-refractivity contribution in [3.63, 3.8) is 0 Å². The highest BCUT2D eigenvalue weighted by molar-refractivity contribution is 6.02. The van der Waals surface area contributed by atoms with Gasteiger partial charge in [0.1, 0.15) is 0 Å². The molecule has 0 unspecified atom stereocenters. The molecule has 1 aromatic heterocycles. The van der Waals surface area contributed by atoms with Gasteiger partial charge < -0.3 is 25.1 Å². The van der Waals surface area contributed by atoms with Gasteiger partial charge in [0.25, 0.3) is 5.91 Å². The van der Waals surface area contributed by atoms with Crippen molar-refractivity contribution in [2.75, 3.05) is 32.1 Å². The monoisotopic (exact) mass is 426 g/mol. The van der Waals surface area contributed by atoms with Gasteiger partial charge in [0.2, 0.25) is 0 Å². The van der Waals surface area contributed by atoms with Crippen LogP contribution in [0.4, 0.5) is 5.69 Å². The molecule has 0 saturated heterocycles. The maximum absolute atomic E-state index is 12.1. The van der Waals surface area contributed by atoms with E-state index < -0.39 is 0 Å². The lowest BCUT2D eigenvalue weighted by Crippen LogP contribution is -2.43. The number of ether oxygens (including phenoxy) is 1. The molecule has 0 bridgehead atoms. The van der Waals surface area contributed by atoms with E-state index in [0.717, 1.165) is 43.3 Å². The lowest BCUT2D eigenvalue weighted by Gasteiger charge is -2.30. The fourth-order valence-corrected chi connectivity index (χ4v) is 4.04. The molecule has 3 rings (SSSR count). The Morgan fingerprint density at radius 1 is 1.16 bits per heavy atom. The van der Waals surface area contributed by atoms with Gasteiger partial charge >= 0.3 is 0 Å². The lowest BCUT2D eigenvalue weighted by molar-refractivity contribution is 0.0996. The summed E-state index contributed by atoms with van der Waals surface area (Å²) in [5, 5.41) is 9.72. The van der Waals surface area contributed by atoms with Crippen molar-refractivity contribution in [1.82, 2.24) is 10.6 Å². The van der Waals surface area contributed by atoms with E-state index in [-0.39, 0.29) is 5.91 Å². The van der Waals surface area contributed by atoms with Crippen LogP contribution in [0.5, 0.6) is 0 Å². The Hall–Kier alpha value is -2.80. The number of furan rings is 1. The molecular weight excluding hydrogens is 392 g/mol. The second-order valence-corrected chi connectivity index (χ2v) is 8.13. The van der Waals surface area contributed by atoms with Gasteiger partial charge in [-0.1, -0.05) is 25.0 Å². The van der Waals surface area contributed by atoms with E-state index in [1.807, 2.05) is 24.3 Å². The minimum atomic E-state index is -0.260. The van der Waals surface area contributed by atoms with Crippen LogP contribution in [0.2, 0.25) is 0 Å². The molecule has 2 aromatic rings. The highest BCUT2D eigenvalue weighted by Gasteiger charge is 2.33. The summed E-state index contributed by atoms with van der Waals surface area (Å²) in [4.78, 5) is 16.8. The molecule has 0 spiro atoms. The quantitative estimate of drug-likeness (QED) is 0.392. The standard InChI is InChI=1S/C24H34N4O3/c1-3-25-23(27-18-24(14-16-30-2)12-4-5-13-24)26-17-19-8-10-20(11-9-19)28-22(29)21-7-6-15-31-21/h6-11,15H,3-5,12-14,16-18H2,1-2H3,(H,28,29)(H2,25,26,27). The lowest BCUT2D eigenvalue weighted by atomic mass is 9.83. The Morgan fingerprint density at radius 2 is 1.94 bits per heavy atom. The minimum Gasteiger partial charge on any atom is -0.459 e. The van der Waals surface area contributed by atoms with Crippen molar-refractivity contribution in [2.45, 2.75) is 45.6 Å². The third-order valence-electron chi connectivity index (χ3n) is 5.85. The maximum Gasteiger partial charge on any atom is 0.291 e. The predicted octanol–water partition coefficient (Wildman–Crippen LogP) is 4.18. The third-order valence-corrected chi connectivity index (χ3v) is 5.85. The predicted molar refractivity (Wildman–Crippen MR) is 123 cm³/mol. The summed E-state index contributed by atoms with van der Waals surface area (Å²) < 4.78 is 10.5. The third kappa shape index (κ3) is 6.85. The van der Waals surface area contributed by atoms with Gasteiger partial charge in [0.05, 0.1) is 12.8 Å². The highest BCUT2D eigenvalue weighted by atomic mass is 16.5. The van der Waals surface area contributed by atoms with Crippen LogP contribution in [0, 0.1) is 5.41 Å². The molecule has 7 nitrogen and oxygen atoms in total. The summed E-state index contributed by atoms with van der Waals surface area (Å²) >= 11 is 0. The molecule has 1 aliphatic rings. The van der Waals surface area contributed by atoms with E-state index in [1.54, 1.807) is 19.2 Å². The Bertz CT molecular complexity index is 825. The van der Waals surface area contributed by atoms with Crippen molar-refractivity contribution >= 4 is 17.6 Å². The molecule has 1 aromatic carbocycles. The van der Waals surface area contributed by atoms with Crippen LogP contribution in [-0.2, 0) is 11.3 Å². The second kappa shape index (κ2) is 11.6. The van der Waals surface area contributed by atoms with Gasteiger partial charge in [-0.2, -0.15) is 0 Å². The number of benzene rings is 1. The number of methoxy groups -OCH3 is 1. The second-order valence-electron chi connectivity index (χ2n) is 8.13. The molecule has 31 heavy (non-hydrogen) atoms. The summed E-state index contributed by atoms with van der Waals surface area (Å²) in [7, 11) is 1.77. The van der Waals surface area contributed by atoms with Crippen molar-refractivity contribution in [3.05, 3.63) is 54.0 Å². The topological polar surface area (TPSA) is 87.9 Å². The number of anilines is 1. The van der Waals surface area contributed by atoms with E-state index in [0.29, 0.717) is 17.7 Å². The number of aliphatic imine (C=N–C) groups is 1. The molecule has 1 saturated carbocycles. The van der Waals surface area contributed by atoms with Gasteiger partial charge in [0.15, 0.2) is 11.7 Å². The van der Waals surface area contributed by atoms with Crippen LogP contribution in [-0.4, -0.2) is 38.7 Å². The first-order chi connectivity index (χ1) is 15.1. The minimum absolute atomic E-state index is 0.260. The molecule has 3 N–H and O–H groups in total. The van der Waals surface area contributed by atoms with Gasteiger partial charge in [-0.3, -0.25) is 4.79 Å². The first kappa shape index (κ1) is 22.9. The van der Waals surface area contributed by atoms with Crippen LogP contribution in [0.3, 0.4) is 0 Å². The Balaban J connectivity index is 1.55. The van der Waals surface area contributed by atoms with Crippen LogP contribution < -0.4 is 16.0 Å². The first-order valence-electron chi connectivity index (χ1n) is 11.1. The van der Waals surface area contributed by atoms with Crippen molar-refractivity contribution in [3.8, 4) is 0 Å². The van der Waals surface area contributed by atoms with Crippen LogP contribution in [0.15, 0.2) is 52.1 Å². The maximum atomic E-state index is 12.1. The fraction of sp³-hybridized carbons (Fsp3) is 0.500. The van der Waals surface area contributed by atoms with Crippen molar-refractivity contribution in [2.24, 2.45) is 10.4 Å². The highest BCUT2D eigenvalue weighted by Crippen LogP contribution is 2.40. The first-order valence-corrected chi connectivity index (χ1v) is 11.1. The number of guanidine groups is 1. The Labute approximate surface area is 184 Å². The van der Waals surface area contributed by atoms with Crippen molar-refractivity contribution < 1.29 is 13.9 Å². The molecule has 0 aliphatic heterocycles. The van der Waals surface area contributed by atoms with Gasteiger partial charge in [0, 0.05) is 32.5 Å². The normalized spacial score (nSPS) is 15.6. The molecule has 1 fully saturated rings. The smallest absolute Gasteiger partial charge is 0.291 e. The van der Waals surface area contributed by atoms with E-state index in [4.69, 9.17) is 14.1 Å². The number of carbonyl (C=O) groups is 1. The Kier molecular flexibility index (Phi) is 8.53. The summed E-state index contributed by atoms with van der Waals surface area (Å²) in [6.45, 7) is 5.17. The van der Waals surface area contributed by atoms with Crippen LogP contribution in [0.25, 0.3) is 0 Å². The average molecular weight is 427 g/mol. The molecule has 1 heterocycles. The molecule has 0 radical (unpaired) electrons. The molecule has 7 heteroatoms. The van der Waals surface area contributed by atoms with Gasteiger partial charge in [-0.05, 0) is 61.4 Å². The van der Waals surface area contributed by atoms with E-state index in [2.05, 4.69) is 22.9 Å². The van der Waals surface area contributed by atoms with Gasteiger partial charge in [-0.25, -0.2) is 4.99 Å². The van der Waals surface area contributed by atoms with Crippen molar-refractivity contribution in [1.29, 1.82) is 0 Å². The van der Waals surface area contributed by atoms with Crippen LogP contribution in [0.1, 0.15) is 55.1 Å². The van der Waals surface area contributed by atoms with Gasteiger partial charge in [-0.15, -0.1) is 0 Å². The number of rotatable bonds is 10. The average Bonchev–Trinajstić information content (AvgIpc) is 3.48. The molecule has 1 amide bonds. The summed E-state index contributed by atoms with van der Waals surface area (Å²) in [6, 6.07) is 11.0. The zero-order valence-corrected chi connectivity index (χ0v) is 18.6. The SMILES string of the molecule is CCNC(=NCc1ccc(NC(=O)c2ccco2)cc1)NCC1(CCOC)CCCC1. The number of amides is 1. The zero-order valence-electron chi connectivity index (χ0n) is 18.6. The largest absolute Gasteiger partial charge is 0.459 e. The van der Waals surface area contributed by atoms with E-state index in [1.165, 1.54) is 31.9 Å². The molecule has 0 atom stereocenters. The number of carbonyl (C=O) groups excluding carboxylic acids is 1. The zero-order chi connectivity index (χ0) is 21.9. The number of hydrogen-bond donors (Lipinski definition) is 3. The Morgan fingerprint density at radius 3 is 2.58 bits per heavy atom. The molecular formula is C24H34N4O3. The summed E-state index contributed by atoms with van der Waals surface area (Å²) in [5.41, 5.74) is 2.10. The molecule has 168 valence electrons. The van der Waals surface area contributed by atoms with E-state index >= 15 is 0 Å². The summed E-state index contributed by atoms with van der Waals surface area (Å²) in [6.07, 6.45) is 7.64. The number of nitrogens with zero attached hydrogens (tertiary/aromatic N) is 1. The fourth-order valence-electron chi connectivity index (χ4n) is 4.04.